The number of nitrogens with one attached hydrogen (secondary N) is 2. The molecule has 12 heavy (non-hydrogen) atoms. The Hall–Kier alpha value is -0.120. The maximum absolute atomic E-state index is 3.56. The van der Waals surface area contributed by atoms with E-state index >= 15 is 0 Å². The van der Waals surface area contributed by atoms with Crippen molar-refractivity contribution in [3.8, 4) is 0 Å². The molecule has 2 rings (SSSR count). The zero-order valence-electron chi connectivity index (χ0n) is 7.84. The SMILES string of the molecule is CN1CCNC(CNC2CC2)C1. The van der Waals surface area contributed by atoms with Crippen LogP contribution >= 0.6 is 0 Å². The van der Waals surface area contributed by atoms with Gasteiger partial charge in [-0.15, -0.1) is 0 Å². The predicted octanol–water partition coefficient (Wildman–Crippen LogP) is -0.358. The summed E-state index contributed by atoms with van der Waals surface area (Å²) >= 11 is 0. The van der Waals surface area contributed by atoms with E-state index in [9.17, 15) is 0 Å². The molecule has 70 valence electrons. The number of hydrogen-bond acceptors (Lipinski definition) is 3. The van der Waals surface area contributed by atoms with Crippen molar-refractivity contribution in [1.29, 1.82) is 0 Å². The second kappa shape index (κ2) is 3.73. The summed E-state index contributed by atoms with van der Waals surface area (Å²) in [6.07, 6.45) is 2.78. The van der Waals surface area contributed by atoms with E-state index in [1.807, 2.05) is 0 Å². The van der Waals surface area contributed by atoms with Gasteiger partial charge in [0, 0.05) is 38.3 Å². The lowest BCUT2D eigenvalue weighted by atomic mass is 10.2. The molecule has 2 N–H and O–H groups in total. The lowest BCUT2D eigenvalue weighted by Crippen LogP contribution is -2.53. The molecular formula is C9H19N3. The summed E-state index contributed by atoms with van der Waals surface area (Å²) < 4.78 is 0. The van der Waals surface area contributed by atoms with Gasteiger partial charge in [-0.05, 0) is 19.9 Å². The van der Waals surface area contributed by atoms with E-state index in [2.05, 4.69) is 22.6 Å². The van der Waals surface area contributed by atoms with Crippen molar-refractivity contribution in [2.24, 2.45) is 0 Å². The second-order valence-corrected chi connectivity index (χ2v) is 4.10. The quantitative estimate of drug-likeness (QED) is 0.604. The summed E-state index contributed by atoms with van der Waals surface area (Å²) in [6, 6.07) is 1.52. The second-order valence-electron chi connectivity index (χ2n) is 4.10. The molecule has 3 nitrogen and oxygen atoms in total. The Morgan fingerprint density at radius 1 is 1.50 bits per heavy atom. The Labute approximate surface area is 74.5 Å². The molecule has 2 aliphatic rings. The minimum Gasteiger partial charge on any atom is -0.312 e. The van der Waals surface area contributed by atoms with Gasteiger partial charge in [0.2, 0.25) is 0 Å². The van der Waals surface area contributed by atoms with Gasteiger partial charge in [-0.1, -0.05) is 0 Å². The van der Waals surface area contributed by atoms with Gasteiger partial charge in [0.25, 0.3) is 0 Å². The molecule has 1 heterocycles. The highest BCUT2D eigenvalue weighted by atomic mass is 15.2. The molecule has 0 aromatic heterocycles. The van der Waals surface area contributed by atoms with Gasteiger partial charge in [0.1, 0.15) is 0 Å². The van der Waals surface area contributed by atoms with Gasteiger partial charge in [-0.2, -0.15) is 0 Å². The standard InChI is InChI=1S/C9H19N3/c1-12-5-4-10-9(7-12)6-11-8-2-3-8/h8-11H,2-7H2,1H3. The van der Waals surface area contributed by atoms with Gasteiger partial charge in [-0.3, -0.25) is 0 Å². The third kappa shape index (κ3) is 2.44. The molecule has 3 heteroatoms. The van der Waals surface area contributed by atoms with Crippen LogP contribution in [-0.4, -0.2) is 50.2 Å². The van der Waals surface area contributed by atoms with Gasteiger partial charge >= 0.3 is 0 Å². The summed E-state index contributed by atoms with van der Waals surface area (Å²) in [5.74, 6) is 0. The first-order chi connectivity index (χ1) is 5.84. The van der Waals surface area contributed by atoms with Gasteiger partial charge in [-0.25, -0.2) is 0 Å². The first-order valence-electron chi connectivity index (χ1n) is 5.00. The monoisotopic (exact) mass is 169 g/mol. The van der Waals surface area contributed by atoms with Crippen LogP contribution in [0.1, 0.15) is 12.8 Å². The molecule has 2 fully saturated rings. The normalized spacial score (nSPS) is 32.2. The van der Waals surface area contributed by atoms with E-state index in [0.29, 0.717) is 6.04 Å². The van der Waals surface area contributed by atoms with E-state index in [0.717, 1.165) is 19.1 Å². The Kier molecular flexibility index (Phi) is 2.63. The fourth-order valence-corrected chi connectivity index (χ4v) is 1.72. The number of piperazine rings is 1. The topological polar surface area (TPSA) is 27.3 Å². The fraction of sp³-hybridized carbons (Fsp3) is 1.00. The number of likely N-dealkylation sites (N-methyl/N-ethyl adjacent to an activating group) is 1. The van der Waals surface area contributed by atoms with E-state index in [4.69, 9.17) is 0 Å². The van der Waals surface area contributed by atoms with Crippen molar-refractivity contribution in [2.45, 2.75) is 24.9 Å². The molecule has 1 saturated carbocycles. The van der Waals surface area contributed by atoms with Crippen LogP contribution in [0.4, 0.5) is 0 Å². The zero-order valence-corrected chi connectivity index (χ0v) is 7.84. The van der Waals surface area contributed by atoms with Gasteiger partial charge < -0.3 is 15.5 Å². The summed E-state index contributed by atoms with van der Waals surface area (Å²) in [6.45, 7) is 4.68. The minimum absolute atomic E-state index is 0.671. The largest absolute Gasteiger partial charge is 0.312 e. The maximum atomic E-state index is 3.56. The Morgan fingerprint density at radius 3 is 3.00 bits per heavy atom. The highest BCUT2D eigenvalue weighted by Crippen LogP contribution is 2.18. The smallest absolute Gasteiger partial charge is 0.0320 e. The van der Waals surface area contributed by atoms with Crippen molar-refractivity contribution >= 4 is 0 Å². The van der Waals surface area contributed by atoms with E-state index < -0.39 is 0 Å². The van der Waals surface area contributed by atoms with Crippen LogP contribution in [0.2, 0.25) is 0 Å². The molecule has 0 spiro atoms. The van der Waals surface area contributed by atoms with Crippen molar-refractivity contribution in [3.05, 3.63) is 0 Å². The van der Waals surface area contributed by atoms with Crippen LogP contribution in [0.25, 0.3) is 0 Å². The lowest BCUT2D eigenvalue weighted by molar-refractivity contribution is 0.235. The summed E-state index contributed by atoms with van der Waals surface area (Å²) in [4.78, 5) is 2.40. The predicted molar refractivity (Wildman–Crippen MR) is 50.3 cm³/mol. The molecule has 0 amide bonds. The van der Waals surface area contributed by atoms with E-state index in [1.165, 1.54) is 25.9 Å². The zero-order chi connectivity index (χ0) is 8.39. The van der Waals surface area contributed by atoms with E-state index in [1.54, 1.807) is 0 Å². The van der Waals surface area contributed by atoms with E-state index in [-0.39, 0.29) is 0 Å². The molecular weight excluding hydrogens is 150 g/mol. The van der Waals surface area contributed by atoms with Crippen molar-refractivity contribution in [3.63, 3.8) is 0 Å². The minimum atomic E-state index is 0.671. The maximum Gasteiger partial charge on any atom is 0.0320 e. The molecule has 1 aliphatic carbocycles. The highest BCUT2D eigenvalue weighted by Gasteiger charge is 2.23. The summed E-state index contributed by atoms with van der Waals surface area (Å²) in [7, 11) is 2.20. The third-order valence-electron chi connectivity index (χ3n) is 2.69. The van der Waals surface area contributed by atoms with Gasteiger partial charge in [0.15, 0.2) is 0 Å². The molecule has 0 bridgehead atoms. The van der Waals surface area contributed by atoms with Crippen LogP contribution in [0, 0.1) is 0 Å². The van der Waals surface area contributed by atoms with Crippen LogP contribution in [-0.2, 0) is 0 Å². The van der Waals surface area contributed by atoms with Crippen LogP contribution < -0.4 is 10.6 Å². The van der Waals surface area contributed by atoms with Crippen molar-refractivity contribution in [2.75, 3.05) is 33.2 Å². The Bertz CT molecular complexity index is 145. The first kappa shape index (κ1) is 8.48. The average molecular weight is 169 g/mol. The van der Waals surface area contributed by atoms with Crippen LogP contribution in [0.15, 0.2) is 0 Å². The number of hydrogen-bond donors (Lipinski definition) is 2. The molecule has 0 aromatic carbocycles. The average Bonchev–Trinajstić information content (AvgIpc) is 2.84. The van der Waals surface area contributed by atoms with Crippen molar-refractivity contribution < 1.29 is 0 Å². The first-order valence-corrected chi connectivity index (χ1v) is 5.00. The lowest BCUT2D eigenvalue weighted by Gasteiger charge is -2.31. The number of nitrogens with zero attached hydrogens (tertiary/aromatic N) is 1. The van der Waals surface area contributed by atoms with Crippen molar-refractivity contribution in [1.82, 2.24) is 15.5 Å². The summed E-state index contributed by atoms with van der Waals surface area (Å²) in [5, 5.41) is 7.09. The molecule has 0 radical (unpaired) electrons. The number of rotatable bonds is 3. The van der Waals surface area contributed by atoms with Gasteiger partial charge in [0.05, 0.1) is 0 Å². The van der Waals surface area contributed by atoms with Crippen LogP contribution in [0.5, 0.6) is 0 Å². The molecule has 1 atom stereocenters. The Morgan fingerprint density at radius 2 is 2.33 bits per heavy atom. The molecule has 1 aliphatic heterocycles. The van der Waals surface area contributed by atoms with Crippen LogP contribution in [0.3, 0.4) is 0 Å². The molecule has 1 saturated heterocycles. The summed E-state index contributed by atoms with van der Waals surface area (Å²) in [5.41, 5.74) is 0. The molecule has 1 unspecified atom stereocenters. The Balaban J connectivity index is 1.64. The highest BCUT2D eigenvalue weighted by molar-refractivity contribution is 4.85. The molecule has 0 aromatic rings. The fourth-order valence-electron chi connectivity index (χ4n) is 1.72. The third-order valence-corrected chi connectivity index (χ3v) is 2.69.